The predicted octanol–water partition coefficient (Wildman–Crippen LogP) is 21.6. The van der Waals surface area contributed by atoms with E-state index in [1.807, 2.05) is 6.08 Å². The van der Waals surface area contributed by atoms with Crippen molar-refractivity contribution in [2.24, 2.45) is 0 Å². The Hall–Kier alpha value is -1.33. The highest BCUT2D eigenvalue weighted by atomic mass is 16.7. The Labute approximate surface area is 534 Å². The van der Waals surface area contributed by atoms with E-state index in [-0.39, 0.29) is 12.5 Å². The summed E-state index contributed by atoms with van der Waals surface area (Å²) in [6, 6.07) is -0.820. The highest BCUT2D eigenvalue weighted by Crippen LogP contribution is 2.24. The van der Waals surface area contributed by atoms with Gasteiger partial charge in [0.2, 0.25) is 5.91 Å². The average Bonchev–Trinajstić information content (AvgIpc) is 2.43. The van der Waals surface area contributed by atoms with Gasteiger partial charge in [-0.25, -0.2) is 0 Å². The number of aliphatic hydroxyl groups excluding tert-OH is 5. The molecule has 0 aromatic carbocycles. The third-order valence-corrected chi connectivity index (χ3v) is 18.8. The van der Waals surface area contributed by atoms with Crippen molar-refractivity contribution in [3.8, 4) is 0 Å². The maximum Gasteiger partial charge on any atom is 0.220 e. The van der Waals surface area contributed by atoms with Crippen molar-refractivity contribution in [3.63, 3.8) is 0 Å². The van der Waals surface area contributed by atoms with Crippen LogP contribution in [0.4, 0.5) is 0 Å². The summed E-state index contributed by atoms with van der Waals surface area (Å²) >= 11 is 0. The van der Waals surface area contributed by atoms with Gasteiger partial charge in [-0.2, -0.15) is 0 Å². The predicted molar refractivity (Wildman–Crippen MR) is 369 cm³/mol. The molecule has 0 radical (unpaired) electrons. The summed E-state index contributed by atoms with van der Waals surface area (Å²) in [4.78, 5) is 13.1. The number of unbranched alkanes of at least 4 members (excludes halogenated alkanes) is 57. The number of hydrogen-bond donors (Lipinski definition) is 6. The van der Waals surface area contributed by atoms with Crippen LogP contribution in [0.1, 0.15) is 406 Å². The first-order chi connectivity index (χ1) is 42.3. The Morgan fingerprint density at radius 3 is 0.977 bits per heavy atom. The van der Waals surface area contributed by atoms with Crippen molar-refractivity contribution in [3.05, 3.63) is 24.3 Å². The minimum atomic E-state index is -1.57. The normalized spacial score (nSPS) is 18.1. The van der Waals surface area contributed by atoms with Gasteiger partial charge in [0.15, 0.2) is 6.29 Å². The second-order valence-corrected chi connectivity index (χ2v) is 27.2. The molecular weight excluding hydrogens is 1070 g/mol. The largest absolute Gasteiger partial charge is 0.394 e. The molecule has 1 fully saturated rings. The number of ether oxygens (including phenoxy) is 2. The van der Waals surface area contributed by atoms with Crippen LogP contribution in [0, 0.1) is 0 Å². The number of amides is 1. The lowest BCUT2D eigenvalue weighted by Crippen LogP contribution is -2.60. The van der Waals surface area contributed by atoms with Gasteiger partial charge < -0.3 is 40.3 Å². The first-order valence-electron chi connectivity index (χ1n) is 38.6. The van der Waals surface area contributed by atoms with E-state index in [2.05, 4.69) is 31.3 Å². The zero-order valence-corrected chi connectivity index (χ0v) is 57.4. The number of rotatable bonds is 69. The van der Waals surface area contributed by atoms with Crippen LogP contribution in [0.5, 0.6) is 0 Å². The minimum Gasteiger partial charge on any atom is -0.394 e. The van der Waals surface area contributed by atoms with Crippen LogP contribution in [0.3, 0.4) is 0 Å². The van der Waals surface area contributed by atoms with Gasteiger partial charge in [-0.05, 0) is 32.1 Å². The molecular formula is C77H149NO8. The quantitative estimate of drug-likeness (QED) is 0.0261. The molecule has 9 heteroatoms. The van der Waals surface area contributed by atoms with Gasteiger partial charge in [-0.3, -0.25) is 4.79 Å². The molecule has 1 rings (SSSR count). The second-order valence-electron chi connectivity index (χ2n) is 27.2. The van der Waals surface area contributed by atoms with Crippen LogP contribution in [0.2, 0.25) is 0 Å². The maximum atomic E-state index is 13.1. The Bertz CT molecular complexity index is 1410. The number of hydrogen-bond acceptors (Lipinski definition) is 8. The van der Waals surface area contributed by atoms with Gasteiger partial charge in [0, 0.05) is 6.42 Å². The van der Waals surface area contributed by atoms with Crippen molar-refractivity contribution in [1.29, 1.82) is 0 Å². The maximum absolute atomic E-state index is 13.1. The Kier molecular flexibility index (Phi) is 64.0. The first kappa shape index (κ1) is 82.7. The molecule has 9 nitrogen and oxygen atoms in total. The fraction of sp³-hybridized carbons (Fsp3) is 0.935. The molecule has 0 spiro atoms. The first-order valence-corrected chi connectivity index (χ1v) is 38.6. The van der Waals surface area contributed by atoms with Gasteiger partial charge in [0.05, 0.1) is 25.4 Å². The van der Waals surface area contributed by atoms with Gasteiger partial charge in [-0.1, -0.05) is 391 Å². The smallest absolute Gasteiger partial charge is 0.220 e. The van der Waals surface area contributed by atoms with Crippen molar-refractivity contribution >= 4 is 5.91 Å². The second kappa shape index (κ2) is 66.6. The average molecular weight is 1220 g/mol. The molecule has 0 aliphatic carbocycles. The Morgan fingerprint density at radius 1 is 0.384 bits per heavy atom. The Morgan fingerprint density at radius 2 is 0.663 bits per heavy atom. The van der Waals surface area contributed by atoms with Gasteiger partial charge in [-0.15, -0.1) is 0 Å². The van der Waals surface area contributed by atoms with Crippen LogP contribution in [0.15, 0.2) is 24.3 Å². The van der Waals surface area contributed by atoms with Crippen molar-refractivity contribution in [2.75, 3.05) is 13.2 Å². The summed E-state index contributed by atoms with van der Waals surface area (Å²) in [7, 11) is 0. The molecule has 0 bridgehead atoms. The molecule has 0 aromatic heterocycles. The van der Waals surface area contributed by atoms with Gasteiger partial charge >= 0.3 is 0 Å². The zero-order chi connectivity index (χ0) is 62.1. The van der Waals surface area contributed by atoms with E-state index in [9.17, 15) is 30.3 Å². The van der Waals surface area contributed by atoms with E-state index in [0.29, 0.717) is 6.42 Å². The van der Waals surface area contributed by atoms with Crippen LogP contribution in [-0.4, -0.2) is 87.5 Å². The van der Waals surface area contributed by atoms with Crippen molar-refractivity contribution in [2.45, 2.75) is 448 Å². The number of aliphatic hydroxyl groups is 5. The summed E-state index contributed by atoms with van der Waals surface area (Å²) in [5.41, 5.74) is 0. The third-order valence-electron chi connectivity index (χ3n) is 18.8. The van der Waals surface area contributed by atoms with E-state index >= 15 is 0 Å². The Balaban J connectivity index is 2.03. The highest BCUT2D eigenvalue weighted by molar-refractivity contribution is 5.76. The van der Waals surface area contributed by atoms with E-state index < -0.39 is 49.5 Å². The highest BCUT2D eigenvalue weighted by Gasteiger charge is 2.44. The molecule has 1 heterocycles. The molecule has 1 saturated heterocycles. The van der Waals surface area contributed by atoms with Crippen molar-refractivity contribution < 1.29 is 39.8 Å². The number of allylic oxidation sites excluding steroid dienone is 3. The van der Waals surface area contributed by atoms with Crippen LogP contribution < -0.4 is 5.32 Å². The SMILES string of the molecule is CCCCCCCCCCCCCCCCCC/C=C/CC/C=C/C(O)C(COC1OC(CO)C(O)C(O)C1O)NC(=O)CCCCCCCCCCCCCCCCCCCCCCCCCCCCCCCCCCCCCCCCCCC. The number of nitrogens with one attached hydrogen (secondary N) is 1. The van der Waals surface area contributed by atoms with Crippen LogP contribution >= 0.6 is 0 Å². The topological polar surface area (TPSA) is 149 Å². The number of carbonyl (C=O) groups excluding carboxylic acids is 1. The fourth-order valence-electron chi connectivity index (χ4n) is 12.8. The molecule has 1 aliphatic rings. The molecule has 0 aromatic rings. The molecule has 510 valence electrons. The van der Waals surface area contributed by atoms with Crippen LogP contribution in [0.25, 0.3) is 0 Å². The van der Waals surface area contributed by atoms with E-state index in [1.54, 1.807) is 6.08 Å². The summed E-state index contributed by atoms with van der Waals surface area (Å²) in [6.45, 7) is 3.83. The number of carbonyl (C=O) groups is 1. The van der Waals surface area contributed by atoms with Gasteiger partial charge in [0.25, 0.3) is 0 Å². The lowest BCUT2D eigenvalue weighted by Gasteiger charge is -2.40. The lowest BCUT2D eigenvalue weighted by molar-refractivity contribution is -0.302. The molecule has 1 amide bonds. The fourth-order valence-corrected chi connectivity index (χ4v) is 12.8. The summed E-state index contributed by atoms with van der Waals surface area (Å²) in [5.74, 6) is -0.177. The zero-order valence-electron chi connectivity index (χ0n) is 57.4. The molecule has 0 saturated carbocycles. The molecule has 7 atom stereocenters. The van der Waals surface area contributed by atoms with Gasteiger partial charge in [0.1, 0.15) is 24.4 Å². The molecule has 6 N–H and O–H groups in total. The lowest BCUT2D eigenvalue weighted by atomic mass is 9.99. The summed E-state index contributed by atoms with van der Waals surface area (Å²) in [5, 5.41) is 54.8. The van der Waals surface area contributed by atoms with Crippen LogP contribution in [-0.2, 0) is 14.3 Å². The minimum absolute atomic E-state index is 0.177. The van der Waals surface area contributed by atoms with E-state index in [1.165, 1.54) is 347 Å². The summed E-state index contributed by atoms with van der Waals surface area (Å²) < 4.78 is 11.3. The standard InChI is InChI=1S/C77H149NO8/c1-3-5-7-9-11-13-15-17-19-21-23-25-27-28-29-30-31-32-33-34-35-36-37-38-39-40-41-42-43-44-45-47-49-51-53-55-57-59-61-63-65-67-73(81)78-70(69-85-77-76(84)75(83)74(82)72(68-79)86-77)71(80)66-64-62-60-58-56-54-52-50-48-46-26-24-22-20-18-16-14-12-10-8-6-4-2/h56,58,64,66,70-72,74-77,79-80,82-84H,3-55,57,59-63,65,67-69H2,1-2H3,(H,78,81)/b58-56+,66-64+. The molecule has 7 unspecified atom stereocenters. The van der Waals surface area contributed by atoms with E-state index in [4.69, 9.17) is 9.47 Å². The summed E-state index contributed by atoms with van der Waals surface area (Å²) in [6.07, 6.45) is 82.0. The molecule has 86 heavy (non-hydrogen) atoms. The third kappa shape index (κ3) is 54.4. The monoisotopic (exact) mass is 1220 g/mol. The van der Waals surface area contributed by atoms with E-state index in [0.717, 1.165) is 38.5 Å². The van der Waals surface area contributed by atoms with Crippen molar-refractivity contribution in [1.82, 2.24) is 5.32 Å². The molecule has 1 aliphatic heterocycles.